The van der Waals surface area contributed by atoms with E-state index in [2.05, 4.69) is 51.6 Å². The van der Waals surface area contributed by atoms with Gasteiger partial charge in [-0.25, -0.2) is 0 Å². The van der Waals surface area contributed by atoms with E-state index in [1.54, 1.807) is 0 Å². The first-order valence-electron chi connectivity index (χ1n) is 8.96. The molecule has 1 atom stereocenters. The van der Waals surface area contributed by atoms with Crippen molar-refractivity contribution in [1.29, 1.82) is 0 Å². The van der Waals surface area contributed by atoms with Crippen LogP contribution < -0.4 is 0 Å². The van der Waals surface area contributed by atoms with E-state index in [4.69, 9.17) is 0 Å². The van der Waals surface area contributed by atoms with E-state index < -0.39 is 0 Å². The molecule has 2 fully saturated rings. The van der Waals surface area contributed by atoms with E-state index in [0.29, 0.717) is 6.04 Å². The van der Waals surface area contributed by atoms with Crippen LogP contribution >= 0.6 is 11.3 Å². The Morgan fingerprint density at radius 1 is 0.957 bits per heavy atom. The molecule has 23 heavy (non-hydrogen) atoms. The van der Waals surface area contributed by atoms with Crippen molar-refractivity contribution in [1.82, 2.24) is 9.80 Å². The smallest absolute Gasteiger partial charge is 0.0352 e. The highest BCUT2D eigenvalue weighted by molar-refractivity contribution is 7.10. The van der Waals surface area contributed by atoms with E-state index in [0.717, 1.165) is 13.1 Å². The summed E-state index contributed by atoms with van der Waals surface area (Å²) in [6.45, 7) is 6.07. The Kier molecular flexibility index (Phi) is 4.79. The average molecular weight is 327 g/mol. The number of benzene rings is 1. The quantitative estimate of drug-likeness (QED) is 0.787. The molecule has 3 heteroatoms. The lowest BCUT2D eigenvalue weighted by atomic mass is 10.0. The molecule has 0 radical (unpaired) electrons. The Balaban J connectivity index is 1.40. The Hall–Kier alpha value is -1.16. The van der Waals surface area contributed by atoms with Crippen molar-refractivity contribution in [3.63, 3.8) is 0 Å². The summed E-state index contributed by atoms with van der Waals surface area (Å²) in [5.41, 5.74) is 3.00. The lowest BCUT2D eigenvalue weighted by Crippen LogP contribution is -2.22. The normalized spacial score (nSPS) is 22.9. The van der Waals surface area contributed by atoms with Gasteiger partial charge >= 0.3 is 0 Å². The standard InChI is InChI=1S/C20H26N2S/c1-2-7-18(8-3-1)20-9-6-12-22(20)15-19-13-17(16-23-19)14-21-10-4-5-11-21/h1-3,7-8,13,16,20H,4-6,9-12,14-15H2. The molecule has 1 unspecified atom stereocenters. The van der Waals surface area contributed by atoms with Gasteiger partial charge in [0.15, 0.2) is 0 Å². The highest BCUT2D eigenvalue weighted by atomic mass is 32.1. The average Bonchev–Trinajstić information content (AvgIpc) is 3.32. The van der Waals surface area contributed by atoms with Crippen molar-refractivity contribution in [3.05, 3.63) is 57.8 Å². The summed E-state index contributed by atoms with van der Waals surface area (Å²) in [6.07, 6.45) is 5.38. The van der Waals surface area contributed by atoms with Gasteiger partial charge in [0.2, 0.25) is 0 Å². The molecule has 1 aromatic heterocycles. The molecule has 1 aromatic carbocycles. The second-order valence-electron chi connectivity index (χ2n) is 6.94. The molecule has 4 rings (SSSR count). The van der Waals surface area contributed by atoms with Gasteiger partial charge in [-0.1, -0.05) is 30.3 Å². The Labute approximate surface area is 143 Å². The van der Waals surface area contributed by atoms with Crippen molar-refractivity contribution < 1.29 is 0 Å². The third-order valence-electron chi connectivity index (χ3n) is 5.22. The summed E-state index contributed by atoms with van der Waals surface area (Å²) in [5, 5.41) is 2.38. The Morgan fingerprint density at radius 3 is 2.61 bits per heavy atom. The number of rotatable bonds is 5. The zero-order valence-electron chi connectivity index (χ0n) is 13.8. The van der Waals surface area contributed by atoms with Crippen molar-refractivity contribution in [2.24, 2.45) is 0 Å². The maximum Gasteiger partial charge on any atom is 0.0352 e. The molecule has 2 aliphatic rings. The largest absolute Gasteiger partial charge is 0.299 e. The number of hydrogen-bond donors (Lipinski definition) is 0. The van der Waals surface area contributed by atoms with Gasteiger partial charge in [0.25, 0.3) is 0 Å². The topological polar surface area (TPSA) is 6.48 Å². The van der Waals surface area contributed by atoms with Crippen LogP contribution in [0.1, 0.15) is 47.7 Å². The highest BCUT2D eigenvalue weighted by Crippen LogP contribution is 2.34. The first-order chi connectivity index (χ1) is 11.4. The molecule has 0 spiro atoms. The minimum absolute atomic E-state index is 0.611. The zero-order valence-corrected chi connectivity index (χ0v) is 14.6. The summed E-state index contributed by atoms with van der Waals surface area (Å²) < 4.78 is 0. The number of hydrogen-bond acceptors (Lipinski definition) is 3. The zero-order chi connectivity index (χ0) is 15.5. The van der Waals surface area contributed by atoms with Crippen molar-refractivity contribution in [2.45, 2.75) is 44.8 Å². The molecule has 0 aliphatic carbocycles. The van der Waals surface area contributed by atoms with Gasteiger partial charge in [-0.2, -0.15) is 0 Å². The van der Waals surface area contributed by atoms with Crippen LogP contribution in [-0.4, -0.2) is 29.4 Å². The molecule has 2 aromatic rings. The van der Waals surface area contributed by atoms with Gasteiger partial charge in [-0.05, 0) is 67.9 Å². The van der Waals surface area contributed by atoms with Crippen LogP contribution in [0.3, 0.4) is 0 Å². The van der Waals surface area contributed by atoms with Crippen LogP contribution in [0, 0.1) is 0 Å². The SMILES string of the molecule is c1ccc(C2CCCN2Cc2cc(CN3CCCC3)cs2)cc1. The van der Waals surface area contributed by atoms with Crippen LogP contribution in [0.5, 0.6) is 0 Å². The molecule has 2 saturated heterocycles. The molecule has 0 bridgehead atoms. The summed E-state index contributed by atoms with van der Waals surface area (Å²) in [7, 11) is 0. The maximum atomic E-state index is 2.67. The number of likely N-dealkylation sites (tertiary alicyclic amines) is 2. The van der Waals surface area contributed by atoms with Crippen LogP contribution in [0.4, 0.5) is 0 Å². The van der Waals surface area contributed by atoms with E-state index in [1.807, 2.05) is 11.3 Å². The lowest BCUT2D eigenvalue weighted by molar-refractivity contribution is 0.250. The van der Waals surface area contributed by atoms with Crippen LogP contribution in [0.25, 0.3) is 0 Å². The summed E-state index contributed by atoms with van der Waals surface area (Å²) in [4.78, 5) is 6.79. The summed E-state index contributed by atoms with van der Waals surface area (Å²) >= 11 is 1.95. The maximum absolute atomic E-state index is 2.67. The molecule has 0 N–H and O–H groups in total. The minimum Gasteiger partial charge on any atom is -0.299 e. The lowest BCUT2D eigenvalue weighted by Gasteiger charge is -2.24. The molecule has 3 heterocycles. The molecule has 122 valence electrons. The molecule has 2 nitrogen and oxygen atoms in total. The predicted octanol–water partition coefficient (Wildman–Crippen LogP) is 4.68. The monoisotopic (exact) mass is 326 g/mol. The van der Waals surface area contributed by atoms with E-state index in [1.165, 1.54) is 61.3 Å². The minimum atomic E-state index is 0.611. The highest BCUT2D eigenvalue weighted by Gasteiger charge is 2.26. The molecular weight excluding hydrogens is 300 g/mol. The van der Waals surface area contributed by atoms with Crippen molar-refractivity contribution in [2.75, 3.05) is 19.6 Å². The Morgan fingerprint density at radius 2 is 1.78 bits per heavy atom. The number of thiophene rings is 1. The second-order valence-corrected chi connectivity index (χ2v) is 7.94. The van der Waals surface area contributed by atoms with E-state index in [9.17, 15) is 0 Å². The van der Waals surface area contributed by atoms with Crippen LogP contribution in [-0.2, 0) is 13.1 Å². The fraction of sp³-hybridized carbons (Fsp3) is 0.500. The number of nitrogens with zero attached hydrogens (tertiary/aromatic N) is 2. The van der Waals surface area contributed by atoms with Crippen molar-refractivity contribution >= 4 is 11.3 Å². The van der Waals surface area contributed by atoms with Gasteiger partial charge in [-0.15, -0.1) is 11.3 Å². The fourth-order valence-electron chi connectivity index (χ4n) is 4.06. The van der Waals surface area contributed by atoms with Gasteiger partial charge in [-0.3, -0.25) is 9.80 Å². The van der Waals surface area contributed by atoms with E-state index in [-0.39, 0.29) is 0 Å². The first-order valence-corrected chi connectivity index (χ1v) is 9.84. The third-order valence-corrected chi connectivity index (χ3v) is 6.19. The second kappa shape index (κ2) is 7.16. The predicted molar refractivity (Wildman–Crippen MR) is 97.7 cm³/mol. The molecule has 0 amide bonds. The molecule has 2 aliphatic heterocycles. The first kappa shape index (κ1) is 15.4. The van der Waals surface area contributed by atoms with Crippen LogP contribution in [0.2, 0.25) is 0 Å². The fourth-order valence-corrected chi connectivity index (χ4v) is 4.96. The van der Waals surface area contributed by atoms with E-state index >= 15 is 0 Å². The van der Waals surface area contributed by atoms with Crippen molar-refractivity contribution in [3.8, 4) is 0 Å². The Bertz CT molecular complexity index is 616. The van der Waals surface area contributed by atoms with Gasteiger partial charge < -0.3 is 0 Å². The molecule has 0 saturated carbocycles. The van der Waals surface area contributed by atoms with Gasteiger partial charge in [0.05, 0.1) is 0 Å². The van der Waals surface area contributed by atoms with Crippen LogP contribution in [0.15, 0.2) is 41.8 Å². The molecular formula is C20H26N2S. The van der Waals surface area contributed by atoms with Gasteiger partial charge in [0, 0.05) is 24.0 Å². The summed E-state index contributed by atoms with van der Waals surface area (Å²) in [5.74, 6) is 0. The third kappa shape index (κ3) is 3.68. The van der Waals surface area contributed by atoms with Gasteiger partial charge in [0.1, 0.15) is 0 Å². The summed E-state index contributed by atoms with van der Waals surface area (Å²) in [6, 6.07) is 14.1.